The SMILES string of the molecule is CC(C)C(=O)C#C[Si](C(C)C)(C(C)C)C(C)C. The van der Waals surface area contributed by atoms with E-state index < -0.39 is 8.07 Å². The molecule has 0 radical (unpaired) electrons. The van der Waals surface area contributed by atoms with Gasteiger partial charge in [0.2, 0.25) is 5.78 Å². The topological polar surface area (TPSA) is 17.1 Å². The van der Waals surface area contributed by atoms with Gasteiger partial charge in [-0.3, -0.25) is 4.79 Å². The van der Waals surface area contributed by atoms with Gasteiger partial charge >= 0.3 is 0 Å². The highest BCUT2D eigenvalue weighted by atomic mass is 28.3. The lowest BCUT2D eigenvalue weighted by Gasteiger charge is -2.38. The summed E-state index contributed by atoms with van der Waals surface area (Å²) in [7, 11) is -1.72. The first-order valence-electron chi connectivity index (χ1n) is 6.73. The highest BCUT2D eigenvalue weighted by Gasteiger charge is 2.41. The number of carbonyl (C=O) groups is 1. The van der Waals surface area contributed by atoms with E-state index in [1.165, 1.54) is 0 Å². The Morgan fingerprint density at radius 1 is 0.824 bits per heavy atom. The Morgan fingerprint density at radius 2 is 1.18 bits per heavy atom. The Hall–Kier alpha value is -0.553. The highest BCUT2D eigenvalue weighted by molar-refractivity contribution is 6.90. The summed E-state index contributed by atoms with van der Waals surface area (Å²) in [4.78, 5) is 11.7. The largest absolute Gasteiger partial charge is 0.285 e. The van der Waals surface area contributed by atoms with Crippen molar-refractivity contribution in [2.45, 2.75) is 72.0 Å². The van der Waals surface area contributed by atoms with Crippen molar-refractivity contribution in [3.8, 4) is 11.5 Å². The number of Topliss-reactive ketones (excluding diaryl/α,β-unsaturated/α-hetero) is 1. The second-order valence-corrected chi connectivity index (χ2v) is 11.7. The van der Waals surface area contributed by atoms with Gasteiger partial charge in [-0.25, -0.2) is 0 Å². The molecule has 0 aliphatic rings. The van der Waals surface area contributed by atoms with Crippen LogP contribution in [-0.2, 0) is 4.79 Å². The van der Waals surface area contributed by atoms with E-state index >= 15 is 0 Å². The van der Waals surface area contributed by atoms with E-state index in [1.54, 1.807) is 0 Å². The lowest BCUT2D eigenvalue weighted by Crippen LogP contribution is -2.43. The van der Waals surface area contributed by atoms with Gasteiger partial charge in [0.05, 0.1) is 0 Å². The third-order valence-corrected chi connectivity index (χ3v) is 10.1. The summed E-state index contributed by atoms with van der Waals surface area (Å²) in [6, 6.07) is 0. The predicted molar refractivity (Wildman–Crippen MR) is 78.7 cm³/mol. The van der Waals surface area contributed by atoms with Crippen LogP contribution in [0.2, 0.25) is 16.6 Å². The molecule has 98 valence electrons. The highest BCUT2D eigenvalue weighted by Crippen LogP contribution is 2.40. The van der Waals surface area contributed by atoms with Crippen molar-refractivity contribution < 1.29 is 4.79 Å². The van der Waals surface area contributed by atoms with E-state index in [2.05, 4.69) is 53.0 Å². The number of carbonyl (C=O) groups excluding carboxylic acids is 1. The quantitative estimate of drug-likeness (QED) is 0.534. The summed E-state index contributed by atoms with van der Waals surface area (Å²) in [6.45, 7) is 17.4. The molecule has 0 saturated heterocycles. The van der Waals surface area contributed by atoms with Gasteiger partial charge in [-0.05, 0) is 22.5 Å². The van der Waals surface area contributed by atoms with Gasteiger partial charge in [0.15, 0.2) is 0 Å². The minimum atomic E-state index is -1.72. The molecule has 0 bridgehead atoms. The van der Waals surface area contributed by atoms with E-state index in [0.29, 0.717) is 16.6 Å². The zero-order valence-electron chi connectivity index (χ0n) is 12.7. The van der Waals surface area contributed by atoms with Crippen LogP contribution in [0.5, 0.6) is 0 Å². The molecule has 0 heterocycles. The first-order valence-corrected chi connectivity index (χ1v) is 8.96. The number of hydrogen-bond acceptors (Lipinski definition) is 1. The molecule has 0 spiro atoms. The molecule has 0 aromatic carbocycles. The van der Waals surface area contributed by atoms with E-state index in [1.807, 2.05) is 13.8 Å². The molecule has 0 fully saturated rings. The van der Waals surface area contributed by atoms with E-state index in [4.69, 9.17) is 0 Å². The van der Waals surface area contributed by atoms with Crippen molar-refractivity contribution in [2.75, 3.05) is 0 Å². The van der Waals surface area contributed by atoms with E-state index in [-0.39, 0.29) is 11.7 Å². The Kier molecular flexibility index (Phi) is 6.19. The van der Waals surface area contributed by atoms with Gasteiger partial charge < -0.3 is 0 Å². The summed E-state index contributed by atoms with van der Waals surface area (Å²) in [5, 5.41) is 0. The van der Waals surface area contributed by atoms with Gasteiger partial charge in [0.1, 0.15) is 8.07 Å². The standard InChI is InChI=1S/C15H28OSi/c1-11(2)15(16)9-10-17(12(3)4,13(5)6)14(7)8/h11-14H,1-8H3. The van der Waals surface area contributed by atoms with E-state index in [0.717, 1.165) is 0 Å². The molecular weight excluding hydrogens is 224 g/mol. The second kappa shape index (κ2) is 6.40. The summed E-state index contributed by atoms with van der Waals surface area (Å²) >= 11 is 0. The van der Waals surface area contributed by atoms with Crippen molar-refractivity contribution in [2.24, 2.45) is 5.92 Å². The summed E-state index contributed by atoms with van der Waals surface area (Å²) in [5.41, 5.74) is 5.23. The molecule has 0 amide bonds. The molecule has 0 aromatic heterocycles. The fourth-order valence-electron chi connectivity index (χ4n) is 2.75. The van der Waals surface area contributed by atoms with Crippen LogP contribution in [0.3, 0.4) is 0 Å². The maximum Gasteiger partial charge on any atom is 0.207 e. The van der Waals surface area contributed by atoms with Crippen molar-refractivity contribution >= 4 is 13.9 Å². The molecule has 17 heavy (non-hydrogen) atoms. The molecule has 0 aliphatic heterocycles. The first-order chi connectivity index (χ1) is 7.66. The third-order valence-electron chi connectivity index (χ3n) is 3.79. The summed E-state index contributed by atoms with van der Waals surface area (Å²) in [6.07, 6.45) is 0. The predicted octanol–water partition coefficient (Wildman–Crippen LogP) is 4.43. The number of rotatable bonds is 4. The second-order valence-electron chi connectivity index (χ2n) is 6.17. The molecule has 0 N–H and O–H groups in total. The third kappa shape index (κ3) is 3.71. The van der Waals surface area contributed by atoms with Gasteiger partial charge in [0, 0.05) is 5.92 Å². The molecule has 0 rings (SSSR count). The van der Waals surface area contributed by atoms with Crippen LogP contribution in [-0.4, -0.2) is 13.9 Å². The summed E-state index contributed by atoms with van der Waals surface area (Å²) in [5.74, 6) is 3.06. The number of ketones is 1. The van der Waals surface area contributed by atoms with Crippen LogP contribution in [0.4, 0.5) is 0 Å². The van der Waals surface area contributed by atoms with Crippen molar-refractivity contribution in [3.63, 3.8) is 0 Å². The molecule has 2 heteroatoms. The molecule has 0 atom stereocenters. The zero-order chi connectivity index (χ0) is 13.8. The average molecular weight is 252 g/mol. The van der Waals surface area contributed by atoms with Crippen molar-refractivity contribution in [1.29, 1.82) is 0 Å². The van der Waals surface area contributed by atoms with Crippen LogP contribution in [0.15, 0.2) is 0 Å². The minimum absolute atomic E-state index is 0.0284. The number of hydrogen-bond donors (Lipinski definition) is 0. The monoisotopic (exact) mass is 252 g/mol. The summed E-state index contributed by atoms with van der Waals surface area (Å²) < 4.78 is 0. The van der Waals surface area contributed by atoms with Gasteiger partial charge in [-0.2, -0.15) is 0 Å². The fourth-order valence-corrected chi connectivity index (χ4v) is 7.95. The van der Waals surface area contributed by atoms with E-state index in [9.17, 15) is 4.79 Å². The zero-order valence-corrected chi connectivity index (χ0v) is 13.7. The fraction of sp³-hybridized carbons (Fsp3) is 0.800. The van der Waals surface area contributed by atoms with Gasteiger partial charge in [-0.1, -0.05) is 55.4 Å². The normalized spacial score (nSPS) is 12.2. The maximum absolute atomic E-state index is 11.7. The van der Waals surface area contributed by atoms with Crippen LogP contribution in [0.25, 0.3) is 0 Å². The van der Waals surface area contributed by atoms with Gasteiger partial charge in [-0.15, -0.1) is 5.54 Å². The van der Waals surface area contributed by atoms with Crippen LogP contribution >= 0.6 is 0 Å². The lowest BCUT2D eigenvalue weighted by atomic mass is 10.1. The van der Waals surface area contributed by atoms with Crippen LogP contribution in [0.1, 0.15) is 55.4 Å². The van der Waals surface area contributed by atoms with Crippen molar-refractivity contribution in [1.82, 2.24) is 0 Å². The molecule has 0 saturated carbocycles. The molecule has 1 nitrogen and oxygen atoms in total. The Bertz CT molecular complexity index is 294. The van der Waals surface area contributed by atoms with Gasteiger partial charge in [0.25, 0.3) is 0 Å². The maximum atomic E-state index is 11.7. The first kappa shape index (κ1) is 16.4. The average Bonchev–Trinajstić information content (AvgIpc) is 2.16. The molecular formula is C15H28OSi. The Morgan fingerprint density at radius 3 is 1.41 bits per heavy atom. The molecule has 0 aliphatic carbocycles. The smallest absolute Gasteiger partial charge is 0.207 e. The lowest BCUT2D eigenvalue weighted by molar-refractivity contribution is -0.116. The molecule has 0 unspecified atom stereocenters. The van der Waals surface area contributed by atoms with Crippen LogP contribution in [0, 0.1) is 17.4 Å². The minimum Gasteiger partial charge on any atom is -0.285 e. The van der Waals surface area contributed by atoms with Crippen molar-refractivity contribution in [3.05, 3.63) is 0 Å². The molecule has 0 aromatic rings. The van der Waals surface area contributed by atoms with Crippen LogP contribution < -0.4 is 0 Å². The Labute approximate surface area is 108 Å². The Balaban J connectivity index is 5.41.